The molecule has 0 bridgehead atoms. The summed E-state index contributed by atoms with van der Waals surface area (Å²) in [5.41, 5.74) is 0. The number of quaternary nitrogens is 1. The van der Waals surface area contributed by atoms with E-state index in [2.05, 4.69) is 0 Å². The third-order valence-corrected chi connectivity index (χ3v) is 0. The van der Waals surface area contributed by atoms with E-state index in [1.54, 1.807) is 0 Å². The van der Waals surface area contributed by atoms with Crippen molar-refractivity contribution < 1.29 is 64.1 Å². The molecule has 0 aromatic heterocycles. The molecule has 0 amide bonds. The Morgan fingerprint density at radius 3 is 1.38 bits per heavy atom. The monoisotopic (exact) mass is 217 g/mol. The zero-order valence-electron chi connectivity index (χ0n) is 4.46. The standard InChI is InChI=1S/BrH.H3N.Na.H2O4S/c;;;1-5(2,3)4/h1H;1H3;;(H2,1,2,3,4)/q;;+1;/p-1. The van der Waals surface area contributed by atoms with Gasteiger partial charge in [0.2, 0.25) is 10.4 Å². The third kappa shape index (κ3) is 170. The van der Waals surface area contributed by atoms with E-state index >= 15 is 0 Å². The van der Waals surface area contributed by atoms with Crippen LogP contribution in [0.5, 0.6) is 0 Å². The van der Waals surface area contributed by atoms with Gasteiger partial charge in [0.05, 0.1) is 0 Å². The fourth-order valence-electron chi connectivity index (χ4n) is 0. The predicted octanol–water partition coefficient (Wildman–Crippen LogP) is -6.61. The van der Waals surface area contributed by atoms with Crippen molar-refractivity contribution in [3.8, 4) is 0 Å². The summed E-state index contributed by atoms with van der Waals surface area (Å²) in [5.74, 6) is 0. The van der Waals surface area contributed by atoms with Crippen molar-refractivity contribution in [3.63, 3.8) is 0 Å². The summed E-state index contributed by atoms with van der Waals surface area (Å²) in [6.07, 6.45) is 0. The molecule has 0 fully saturated rings. The molecule has 0 atom stereocenters. The second kappa shape index (κ2) is 8.31. The Hall–Kier alpha value is 1.31. The van der Waals surface area contributed by atoms with E-state index in [1.165, 1.54) is 0 Å². The molecule has 0 aliphatic carbocycles. The normalized spacial score (nSPS) is 7.25. The second-order valence-electron chi connectivity index (χ2n) is 0.428. The minimum atomic E-state index is -4.92. The number of halogens is 1. The van der Waals surface area contributed by atoms with Crippen molar-refractivity contribution in [2.45, 2.75) is 0 Å². The van der Waals surface area contributed by atoms with Crippen LogP contribution in [0.4, 0.5) is 0 Å². The van der Waals surface area contributed by atoms with Crippen LogP contribution in [-0.2, 0) is 10.4 Å². The Morgan fingerprint density at radius 2 is 1.38 bits per heavy atom. The van der Waals surface area contributed by atoms with Gasteiger partial charge in [0.25, 0.3) is 0 Å². The van der Waals surface area contributed by atoms with Crippen molar-refractivity contribution >= 4 is 10.4 Å². The fraction of sp³-hybridized carbons (Fsp3) is 0. The first-order valence-electron chi connectivity index (χ1n) is 0.683. The summed E-state index contributed by atoms with van der Waals surface area (Å²) < 4.78 is 32.8. The molecule has 48 valence electrons. The molecule has 0 aliphatic heterocycles. The minimum Gasteiger partial charge on any atom is -1.00 e. The van der Waals surface area contributed by atoms with Crippen LogP contribution >= 0.6 is 0 Å². The van der Waals surface area contributed by atoms with Crippen LogP contribution in [0, 0.1) is 0 Å². The summed E-state index contributed by atoms with van der Waals surface area (Å²) in [5, 5.41) is 0. The smallest absolute Gasteiger partial charge is 1.00 e. The van der Waals surface area contributed by atoms with Crippen LogP contribution in [0.1, 0.15) is 0 Å². The molecule has 0 aliphatic rings. The van der Waals surface area contributed by atoms with E-state index in [1.807, 2.05) is 0 Å². The maximum Gasteiger partial charge on any atom is 1.00 e. The minimum absolute atomic E-state index is 0. The van der Waals surface area contributed by atoms with Gasteiger partial charge in [-0.3, -0.25) is 4.55 Å². The summed E-state index contributed by atoms with van der Waals surface area (Å²) in [6.45, 7) is 0. The van der Waals surface area contributed by atoms with Crippen molar-refractivity contribution in [3.05, 3.63) is 0 Å². The first-order valence-corrected chi connectivity index (χ1v) is 2.05. The van der Waals surface area contributed by atoms with E-state index in [0.29, 0.717) is 0 Å². The molecule has 5 N–H and O–H groups in total. The van der Waals surface area contributed by atoms with Gasteiger partial charge in [-0.25, -0.2) is 8.42 Å². The van der Waals surface area contributed by atoms with Crippen LogP contribution in [0.2, 0.25) is 0 Å². The summed E-state index contributed by atoms with van der Waals surface area (Å²) >= 11 is 0. The molecule has 0 heterocycles. The summed E-state index contributed by atoms with van der Waals surface area (Å²) in [4.78, 5) is 0. The van der Waals surface area contributed by atoms with Crippen LogP contribution in [0.15, 0.2) is 0 Å². The number of hydrogen-bond acceptors (Lipinski definition) is 3. The van der Waals surface area contributed by atoms with Gasteiger partial charge in [0, 0.05) is 0 Å². The molecule has 0 rings (SSSR count). The van der Waals surface area contributed by atoms with Crippen molar-refractivity contribution in [2.24, 2.45) is 0 Å². The van der Waals surface area contributed by atoms with E-state index in [-0.39, 0.29) is 52.7 Å². The number of rotatable bonds is 0. The molecule has 0 aromatic rings. The first kappa shape index (κ1) is 22.8. The molecule has 0 saturated heterocycles. The van der Waals surface area contributed by atoms with Crippen molar-refractivity contribution in [1.82, 2.24) is 6.15 Å². The number of hydrogen-bond donors (Lipinski definition) is 2. The van der Waals surface area contributed by atoms with Gasteiger partial charge in [-0.2, -0.15) is 0 Å². The average molecular weight is 218 g/mol. The maximum atomic E-state index is 8.63. The largest absolute Gasteiger partial charge is 1.00 e. The zero-order valence-corrected chi connectivity index (χ0v) is 8.86. The molecule has 0 radical (unpaired) electrons. The van der Waals surface area contributed by atoms with Crippen LogP contribution in [-0.4, -0.2) is 17.5 Å². The van der Waals surface area contributed by atoms with E-state index in [4.69, 9.17) is 17.5 Å². The van der Waals surface area contributed by atoms with E-state index in [0.717, 1.165) is 0 Å². The van der Waals surface area contributed by atoms with Crippen LogP contribution in [0.25, 0.3) is 0 Å². The fourth-order valence-corrected chi connectivity index (χ4v) is 0. The molecular formula is H5BrNNaO4S. The van der Waals surface area contributed by atoms with Crippen molar-refractivity contribution in [2.75, 3.05) is 0 Å². The third-order valence-electron chi connectivity index (χ3n) is 0. The van der Waals surface area contributed by atoms with Crippen LogP contribution < -0.4 is 52.7 Å². The Kier molecular flexibility index (Phi) is 23.7. The second-order valence-corrected chi connectivity index (χ2v) is 1.28. The van der Waals surface area contributed by atoms with Crippen molar-refractivity contribution in [1.29, 1.82) is 0 Å². The van der Waals surface area contributed by atoms with Gasteiger partial charge >= 0.3 is 29.6 Å². The van der Waals surface area contributed by atoms with Gasteiger partial charge in [-0.15, -0.1) is 0 Å². The van der Waals surface area contributed by atoms with Gasteiger partial charge in [0.1, 0.15) is 0 Å². The predicted molar refractivity (Wildman–Crippen MR) is 18.3 cm³/mol. The molecule has 8 heteroatoms. The molecular weight excluding hydrogens is 213 g/mol. The molecule has 0 unspecified atom stereocenters. The molecule has 0 aromatic carbocycles. The Bertz CT molecular complexity index is 99.2. The first-order chi connectivity index (χ1) is 2.00. The molecule has 0 spiro atoms. The summed E-state index contributed by atoms with van der Waals surface area (Å²) in [6, 6.07) is 0. The van der Waals surface area contributed by atoms with E-state index < -0.39 is 10.4 Å². The Balaban J connectivity index is -0.0000000267. The van der Waals surface area contributed by atoms with Gasteiger partial charge < -0.3 is 27.7 Å². The summed E-state index contributed by atoms with van der Waals surface area (Å²) in [7, 11) is -4.92. The molecule has 8 heavy (non-hydrogen) atoms. The van der Waals surface area contributed by atoms with Gasteiger partial charge in [0.15, 0.2) is 0 Å². The molecule has 0 saturated carbocycles. The van der Waals surface area contributed by atoms with Gasteiger partial charge in [-0.1, -0.05) is 0 Å². The van der Waals surface area contributed by atoms with Crippen LogP contribution in [0.3, 0.4) is 0 Å². The molecule has 5 nitrogen and oxygen atoms in total. The topological polar surface area (TPSA) is 114 Å². The Labute approximate surface area is 80.1 Å². The SMILES string of the molecule is O=S(=O)([O-])O.[Br-].[NH4+].[Na+]. The Morgan fingerprint density at radius 1 is 1.38 bits per heavy atom. The maximum absolute atomic E-state index is 8.63. The van der Waals surface area contributed by atoms with E-state index in [9.17, 15) is 0 Å². The van der Waals surface area contributed by atoms with Gasteiger partial charge in [-0.05, 0) is 0 Å². The quantitative estimate of drug-likeness (QED) is 0.239. The zero-order chi connectivity index (χ0) is 4.50. The average Bonchev–Trinajstić information content (AvgIpc) is 0.722.